The third-order valence-electron chi connectivity index (χ3n) is 1.47. The van der Waals surface area contributed by atoms with Gasteiger partial charge in [-0.1, -0.05) is 0 Å². The highest BCUT2D eigenvalue weighted by atomic mass is 35.5. The van der Waals surface area contributed by atoms with Crippen molar-refractivity contribution in [1.82, 2.24) is 4.98 Å². The molecule has 1 N–H and O–H groups in total. The number of rotatable bonds is 3. The number of esters is 1. The van der Waals surface area contributed by atoms with Crippen molar-refractivity contribution in [3.63, 3.8) is 0 Å². The summed E-state index contributed by atoms with van der Waals surface area (Å²) >= 11 is 5.59. The molecule has 3 nitrogen and oxygen atoms in total. The van der Waals surface area contributed by atoms with E-state index in [1.54, 1.807) is 19.3 Å². The first-order valence-corrected chi connectivity index (χ1v) is 4.21. The summed E-state index contributed by atoms with van der Waals surface area (Å²) in [5.74, 6) is -0.00752. The molecule has 1 heterocycles. The molecule has 12 heavy (non-hydrogen) atoms. The topological polar surface area (TPSA) is 42.1 Å². The molecule has 0 radical (unpaired) electrons. The number of alkyl halides is 1. The summed E-state index contributed by atoms with van der Waals surface area (Å²) in [5.41, 5.74) is 1.29. The lowest BCUT2D eigenvalue weighted by molar-refractivity contribution is 0.0525. The van der Waals surface area contributed by atoms with E-state index in [0.717, 1.165) is 5.56 Å². The van der Waals surface area contributed by atoms with Gasteiger partial charge in [0.15, 0.2) is 0 Å². The Hall–Kier alpha value is -0.960. The van der Waals surface area contributed by atoms with Crippen molar-refractivity contribution >= 4 is 17.6 Å². The molecular formula is C8H10ClNO2. The smallest absolute Gasteiger partial charge is 0.339 e. The first kappa shape index (κ1) is 9.13. The zero-order chi connectivity index (χ0) is 8.97. The summed E-state index contributed by atoms with van der Waals surface area (Å²) < 4.78 is 4.81. The number of nitrogens with one attached hydrogen (secondary N) is 1. The fourth-order valence-electron chi connectivity index (χ4n) is 0.905. The number of aromatic amines is 1. The molecule has 0 aliphatic heterocycles. The minimum absolute atomic E-state index is 0.317. The first-order chi connectivity index (χ1) is 5.79. The summed E-state index contributed by atoms with van der Waals surface area (Å²) in [6.45, 7) is 2.15. The zero-order valence-corrected chi connectivity index (χ0v) is 7.52. The summed E-state index contributed by atoms with van der Waals surface area (Å²) in [7, 11) is 0. The molecule has 0 aromatic carbocycles. The summed E-state index contributed by atoms with van der Waals surface area (Å²) in [6.07, 6.45) is 3.29. The molecule has 4 heteroatoms. The molecule has 1 aromatic rings. The summed E-state index contributed by atoms with van der Waals surface area (Å²) in [5, 5.41) is 0. The number of ether oxygens (including phenoxy) is 1. The number of halogens is 1. The van der Waals surface area contributed by atoms with Crippen LogP contribution in [0.25, 0.3) is 0 Å². The monoisotopic (exact) mass is 187 g/mol. The quantitative estimate of drug-likeness (QED) is 0.581. The standard InChI is InChI=1S/C8H10ClNO2/c1-2-12-8(11)7-5-10-4-6(7)3-9/h4-5,10H,2-3H2,1H3. The second-order valence-corrected chi connectivity index (χ2v) is 2.52. The first-order valence-electron chi connectivity index (χ1n) is 3.68. The van der Waals surface area contributed by atoms with E-state index in [-0.39, 0.29) is 5.97 Å². The summed E-state index contributed by atoms with van der Waals surface area (Å²) in [6, 6.07) is 0. The van der Waals surface area contributed by atoms with E-state index in [1.165, 1.54) is 0 Å². The zero-order valence-electron chi connectivity index (χ0n) is 6.76. The number of H-pyrrole nitrogens is 1. The lowest BCUT2D eigenvalue weighted by Gasteiger charge is -1.99. The van der Waals surface area contributed by atoms with Crippen molar-refractivity contribution in [3.8, 4) is 0 Å². The molecule has 1 rings (SSSR count). The van der Waals surface area contributed by atoms with Gasteiger partial charge in [0.05, 0.1) is 12.2 Å². The Morgan fingerprint density at radius 3 is 3.00 bits per heavy atom. The van der Waals surface area contributed by atoms with Crippen molar-refractivity contribution in [1.29, 1.82) is 0 Å². The number of aromatic nitrogens is 1. The van der Waals surface area contributed by atoms with Crippen LogP contribution in [0.15, 0.2) is 12.4 Å². The van der Waals surface area contributed by atoms with Crippen molar-refractivity contribution in [2.75, 3.05) is 6.61 Å². The number of hydrogen-bond acceptors (Lipinski definition) is 2. The van der Waals surface area contributed by atoms with Gasteiger partial charge >= 0.3 is 5.97 Å². The van der Waals surface area contributed by atoms with Crippen LogP contribution in [0.5, 0.6) is 0 Å². The highest BCUT2D eigenvalue weighted by molar-refractivity contribution is 6.17. The average Bonchev–Trinajstić information content (AvgIpc) is 2.51. The van der Waals surface area contributed by atoms with Gasteiger partial charge in [0, 0.05) is 18.3 Å². The van der Waals surface area contributed by atoms with Crippen LogP contribution in [-0.4, -0.2) is 17.6 Å². The normalized spacial score (nSPS) is 9.83. The van der Waals surface area contributed by atoms with E-state index in [4.69, 9.17) is 16.3 Å². The molecule has 0 spiro atoms. The van der Waals surface area contributed by atoms with Gasteiger partial charge in [-0.05, 0) is 12.5 Å². The Kier molecular flexibility index (Phi) is 3.17. The van der Waals surface area contributed by atoms with Crippen LogP contribution in [0.3, 0.4) is 0 Å². The van der Waals surface area contributed by atoms with Crippen LogP contribution in [0, 0.1) is 0 Å². The average molecular weight is 188 g/mol. The van der Waals surface area contributed by atoms with E-state index in [0.29, 0.717) is 18.1 Å². The number of hydrogen-bond donors (Lipinski definition) is 1. The third kappa shape index (κ3) is 1.80. The van der Waals surface area contributed by atoms with E-state index in [9.17, 15) is 4.79 Å². The molecule has 0 fully saturated rings. The number of carbonyl (C=O) groups excluding carboxylic acids is 1. The maximum Gasteiger partial charge on any atom is 0.339 e. The molecule has 0 unspecified atom stereocenters. The third-order valence-corrected chi connectivity index (χ3v) is 1.76. The van der Waals surface area contributed by atoms with E-state index in [1.807, 2.05) is 0 Å². The molecule has 0 bridgehead atoms. The molecule has 0 saturated heterocycles. The Balaban J connectivity index is 2.79. The van der Waals surface area contributed by atoms with E-state index >= 15 is 0 Å². The van der Waals surface area contributed by atoms with Crippen LogP contribution in [-0.2, 0) is 10.6 Å². The fraction of sp³-hybridized carbons (Fsp3) is 0.375. The van der Waals surface area contributed by atoms with Crippen molar-refractivity contribution in [2.24, 2.45) is 0 Å². The molecule has 1 aromatic heterocycles. The largest absolute Gasteiger partial charge is 0.462 e. The van der Waals surface area contributed by atoms with Gasteiger partial charge in [-0.25, -0.2) is 4.79 Å². The summed E-state index contributed by atoms with van der Waals surface area (Å²) in [4.78, 5) is 14.0. The Labute approximate surface area is 75.7 Å². The molecule has 0 amide bonds. The molecular weight excluding hydrogens is 178 g/mol. The lowest BCUT2D eigenvalue weighted by atomic mass is 10.2. The lowest BCUT2D eigenvalue weighted by Crippen LogP contribution is -2.05. The highest BCUT2D eigenvalue weighted by Gasteiger charge is 2.11. The van der Waals surface area contributed by atoms with Gasteiger partial charge in [-0.2, -0.15) is 0 Å². The van der Waals surface area contributed by atoms with Gasteiger partial charge < -0.3 is 9.72 Å². The minimum Gasteiger partial charge on any atom is -0.462 e. The highest BCUT2D eigenvalue weighted by Crippen LogP contribution is 2.11. The van der Waals surface area contributed by atoms with Gasteiger partial charge in [0.1, 0.15) is 0 Å². The Morgan fingerprint density at radius 1 is 1.67 bits per heavy atom. The second-order valence-electron chi connectivity index (χ2n) is 2.25. The molecule has 0 aliphatic rings. The van der Waals surface area contributed by atoms with E-state index in [2.05, 4.69) is 4.98 Å². The van der Waals surface area contributed by atoms with E-state index < -0.39 is 0 Å². The van der Waals surface area contributed by atoms with Crippen molar-refractivity contribution < 1.29 is 9.53 Å². The maximum absolute atomic E-state index is 11.2. The Bertz CT molecular complexity index is 270. The molecule has 0 atom stereocenters. The molecule has 0 saturated carbocycles. The van der Waals surface area contributed by atoms with Crippen LogP contribution in [0.1, 0.15) is 22.8 Å². The molecule has 66 valence electrons. The second kappa shape index (κ2) is 4.16. The van der Waals surface area contributed by atoms with Gasteiger partial charge in [0.2, 0.25) is 0 Å². The fourth-order valence-corrected chi connectivity index (χ4v) is 1.13. The minimum atomic E-state index is -0.325. The number of carbonyl (C=O) groups is 1. The van der Waals surface area contributed by atoms with Crippen LogP contribution in [0.2, 0.25) is 0 Å². The Morgan fingerprint density at radius 2 is 2.42 bits per heavy atom. The van der Waals surface area contributed by atoms with Crippen LogP contribution in [0.4, 0.5) is 0 Å². The SMILES string of the molecule is CCOC(=O)c1c[nH]cc1CCl. The van der Waals surface area contributed by atoms with Crippen molar-refractivity contribution in [2.45, 2.75) is 12.8 Å². The van der Waals surface area contributed by atoms with Gasteiger partial charge in [-0.3, -0.25) is 0 Å². The molecule has 0 aliphatic carbocycles. The van der Waals surface area contributed by atoms with Gasteiger partial charge in [0.25, 0.3) is 0 Å². The van der Waals surface area contributed by atoms with Crippen LogP contribution < -0.4 is 0 Å². The van der Waals surface area contributed by atoms with Crippen molar-refractivity contribution in [3.05, 3.63) is 23.5 Å². The maximum atomic E-state index is 11.2. The van der Waals surface area contributed by atoms with Gasteiger partial charge in [-0.15, -0.1) is 11.6 Å². The van der Waals surface area contributed by atoms with Crippen LogP contribution >= 0.6 is 11.6 Å². The predicted octanol–water partition coefficient (Wildman–Crippen LogP) is 1.93. The predicted molar refractivity (Wildman–Crippen MR) is 46.3 cm³/mol.